The van der Waals surface area contributed by atoms with Gasteiger partial charge in [-0.2, -0.15) is 0 Å². The Hall–Kier alpha value is -0.510. The van der Waals surface area contributed by atoms with Crippen LogP contribution in [-0.4, -0.2) is 26.0 Å². The van der Waals surface area contributed by atoms with E-state index in [1.807, 2.05) is 11.8 Å². The van der Waals surface area contributed by atoms with E-state index in [9.17, 15) is 0 Å². The molecule has 1 aliphatic heterocycles. The van der Waals surface area contributed by atoms with E-state index in [1.165, 1.54) is 35.5 Å². The highest BCUT2D eigenvalue weighted by atomic mass is 32.2. The summed E-state index contributed by atoms with van der Waals surface area (Å²) >= 11 is 1.98. The molecule has 98 valence electrons. The van der Waals surface area contributed by atoms with E-state index in [4.69, 9.17) is 4.74 Å². The lowest BCUT2D eigenvalue weighted by Gasteiger charge is -2.19. The van der Waals surface area contributed by atoms with Gasteiger partial charge >= 0.3 is 0 Å². The van der Waals surface area contributed by atoms with Crippen LogP contribution in [0, 0.1) is 5.41 Å². The first kappa shape index (κ1) is 12.5. The van der Waals surface area contributed by atoms with Crippen LogP contribution < -0.4 is 5.32 Å². The van der Waals surface area contributed by atoms with E-state index >= 15 is 0 Å². The predicted octanol–water partition coefficient (Wildman–Crippen LogP) is 3.24. The molecule has 3 heteroatoms. The summed E-state index contributed by atoms with van der Waals surface area (Å²) in [4.78, 5) is 1.46. The fraction of sp³-hybridized carbons (Fsp3) is 0.600. The third-order valence-corrected chi connectivity index (χ3v) is 5.40. The Morgan fingerprint density at radius 3 is 3.00 bits per heavy atom. The average molecular weight is 263 g/mol. The summed E-state index contributed by atoms with van der Waals surface area (Å²) in [7, 11) is 1.80. The molecule has 0 saturated heterocycles. The third kappa shape index (κ3) is 2.58. The highest BCUT2D eigenvalue weighted by molar-refractivity contribution is 7.99. The summed E-state index contributed by atoms with van der Waals surface area (Å²) in [6, 6.07) is 9.33. The number of ether oxygens (including phenoxy) is 1. The summed E-state index contributed by atoms with van der Waals surface area (Å²) in [5.41, 5.74) is 2.03. The van der Waals surface area contributed by atoms with Gasteiger partial charge in [-0.15, -0.1) is 11.8 Å². The third-order valence-electron chi connectivity index (χ3n) is 4.22. The Kier molecular flexibility index (Phi) is 3.64. The normalized spacial score (nSPS) is 23.9. The van der Waals surface area contributed by atoms with Crippen LogP contribution in [0.3, 0.4) is 0 Å². The van der Waals surface area contributed by atoms with Crippen molar-refractivity contribution in [3.05, 3.63) is 29.8 Å². The number of fused-ring (bicyclic) bond motifs is 1. The van der Waals surface area contributed by atoms with Crippen molar-refractivity contribution in [2.45, 2.75) is 30.2 Å². The van der Waals surface area contributed by atoms with Crippen molar-refractivity contribution < 1.29 is 4.74 Å². The second-order valence-electron chi connectivity index (χ2n) is 5.53. The molecule has 1 unspecified atom stereocenters. The quantitative estimate of drug-likeness (QED) is 0.851. The summed E-state index contributed by atoms with van der Waals surface area (Å²) < 4.78 is 5.21. The van der Waals surface area contributed by atoms with Gasteiger partial charge in [-0.1, -0.05) is 18.2 Å². The maximum Gasteiger partial charge on any atom is 0.0468 e. The Morgan fingerprint density at radius 1 is 1.39 bits per heavy atom. The maximum atomic E-state index is 5.21. The fourth-order valence-electron chi connectivity index (χ4n) is 2.68. The van der Waals surface area contributed by atoms with Gasteiger partial charge in [0, 0.05) is 37.0 Å². The largest absolute Gasteiger partial charge is 0.385 e. The van der Waals surface area contributed by atoms with Gasteiger partial charge in [0.05, 0.1) is 0 Å². The predicted molar refractivity (Wildman–Crippen MR) is 76.1 cm³/mol. The van der Waals surface area contributed by atoms with Crippen molar-refractivity contribution in [3.63, 3.8) is 0 Å². The van der Waals surface area contributed by atoms with Gasteiger partial charge in [-0.3, -0.25) is 0 Å². The van der Waals surface area contributed by atoms with E-state index in [0.29, 0.717) is 11.5 Å². The number of hydrogen-bond donors (Lipinski definition) is 1. The fourth-order valence-corrected chi connectivity index (χ4v) is 3.88. The van der Waals surface area contributed by atoms with Crippen molar-refractivity contribution in [2.75, 3.05) is 26.0 Å². The van der Waals surface area contributed by atoms with Crippen molar-refractivity contribution in [1.82, 2.24) is 5.32 Å². The van der Waals surface area contributed by atoms with Crippen molar-refractivity contribution in [1.29, 1.82) is 0 Å². The van der Waals surface area contributed by atoms with Gasteiger partial charge in [-0.25, -0.2) is 0 Å². The number of thioether (sulfide) groups is 1. The molecule has 0 spiro atoms. The van der Waals surface area contributed by atoms with Gasteiger partial charge in [-0.05, 0) is 36.3 Å². The molecule has 1 heterocycles. The molecular weight excluding hydrogens is 242 g/mol. The number of nitrogens with one attached hydrogen (secondary N) is 1. The number of methoxy groups -OCH3 is 1. The van der Waals surface area contributed by atoms with Crippen molar-refractivity contribution in [2.24, 2.45) is 5.41 Å². The Morgan fingerprint density at radius 2 is 2.22 bits per heavy atom. The van der Waals surface area contributed by atoms with Gasteiger partial charge < -0.3 is 10.1 Å². The summed E-state index contributed by atoms with van der Waals surface area (Å²) in [5, 5.41) is 3.77. The summed E-state index contributed by atoms with van der Waals surface area (Å²) in [6.07, 6.45) is 3.94. The molecular formula is C15H21NOS. The zero-order valence-corrected chi connectivity index (χ0v) is 11.8. The van der Waals surface area contributed by atoms with Crippen molar-refractivity contribution >= 4 is 11.8 Å². The second-order valence-corrected chi connectivity index (χ2v) is 6.59. The molecule has 0 radical (unpaired) electrons. The highest BCUT2D eigenvalue weighted by Crippen LogP contribution is 2.49. The first-order valence-corrected chi connectivity index (χ1v) is 7.76. The van der Waals surface area contributed by atoms with Crippen LogP contribution in [-0.2, 0) is 4.74 Å². The van der Waals surface area contributed by atoms with E-state index in [0.717, 1.165) is 13.2 Å². The molecule has 3 rings (SSSR count). The zero-order chi connectivity index (χ0) is 12.4. The Balaban J connectivity index is 1.56. The lowest BCUT2D eigenvalue weighted by molar-refractivity contribution is 0.170. The van der Waals surface area contributed by atoms with Gasteiger partial charge in [0.15, 0.2) is 0 Å². The lowest BCUT2D eigenvalue weighted by atomic mass is 10.0. The minimum atomic E-state index is 0.540. The Bertz CT molecular complexity index is 417. The van der Waals surface area contributed by atoms with Gasteiger partial charge in [0.1, 0.15) is 0 Å². The molecule has 0 aromatic heterocycles. The van der Waals surface area contributed by atoms with Crippen LogP contribution in [0.4, 0.5) is 0 Å². The monoisotopic (exact) mass is 263 g/mol. The van der Waals surface area contributed by atoms with Crippen LogP contribution in [0.5, 0.6) is 0 Å². The Labute approximate surface area is 113 Å². The second kappa shape index (κ2) is 5.24. The minimum Gasteiger partial charge on any atom is -0.385 e. The number of benzene rings is 1. The topological polar surface area (TPSA) is 21.3 Å². The molecule has 1 aliphatic carbocycles. The molecule has 1 aromatic carbocycles. The molecule has 0 amide bonds. The van der Waals surface area contributed by atoms with Crippen LogP contribution in [0.2, 0.25) is 0 Å². The van der Waals surface area contributed by atoms with Gasteiger partial charge in [0.25, 0.3) is 0 Å². The van der Waals surface area contributed by atoms with E-state index in [1.54, 1.807) is 7.11 Å². The summed E-state index contributed by atoms with van der Waals surface area (Å²) in [5.74, 6) is 1.18. The zero-order valence-electron chi connectivity index (χ0n) is 10.9. The molecule has 2 nitrogen and oxygen atoms in total. The molecule has 1 atom stereocenters. The highest BCUT2D eigenvalue weighted by Gasteiger charge is 2.42. The first-order chi connectivity index (χ1) is 8.83. The smallest absolute Gasteiger partial charge is 0.0468 e. The van der Waals surface area contributed by atoms with Crippen LogP contribution >= 0.6 is 11.8 Å². The molecule has 1 aromatic rings. The maximum absolute atomic E-state index is 5.21. The molecule has 2 aliphatic rings. The van der Waals surface area contributed by atoms with Crippen LogP contribution in [0.15, 0.2) is 29.2 Å². The first-order valence-electron chi connectivity index (χ1n) is 6.77. The van der Waals surface area contributed by atoms with Crippen molar-refractivity contribution in [3.8, 4) is 0 Å². The van der Waals surface area contributed by atoms with Crippen LogP contribution in [0.25, 0.3) is 0 Å². The standard InChI is InChI=1S/C15H21NOS/c1-17-9-8-15(6-7-15)11-16-13-10-18-14-5-3-2-4-12(13)14/h2-5,13,16H,6-11H2,1H3. The van der Waals surface area contributed by atoms with E-state index in [-0.39, 0.29) is 0 Å². The lowest BCUT2D eigenvalue weighted by Crippen LogP contribution is -2.29. The molecule has 1 saturated carbocycles. The SMILES string of the molecule is COCCC1(CNC2CSc3ccccc32)CC1. The molecule has 18 heavy (non-hydrogen) atoms. The number of hydrogen-bond acceptors (Lipinski definition) is 3. The molecule has 1 N–H and O–H groups in total. The summed E-state index contributed by atoms with van der Waals surface area (Å²) in [6.45, 7) is 2.05. The van der Waals surface area contributed by atoms with Crippen LogP contribution in [0.1, 0.15) is 30.9 Å². The van der Waals surface area contributed by atoms with Gasteiger partial charge in [0.2, 0.25) is 0 Å². The number of rotatable bonds is 6. The van der Waals surface area contributed by atoms with E-state index < -0.39 is 0 Å². The molecule has 1 fully saturated rings. The average Bonchev–Trinajstić information content (AvgIpc) is 3.07. The van der Waals surface area contributed by atoms with E-state index in [2.05, 4.69) is 29.6 Å². The molecule has 0 bridgehead atoms. The minimum absolute atomic E-state index is 0.540.